The van der Waals surface area contributed by atoms with Crippen LogP contribution in [0.4, 0.5) is 5.82 Å². The predicted octanol–water partition coefficient (Wildman–Crippen LogP) is 0.00880. The highest BCUT2D eigenvalue weighted by molar-refractivity contribution is 5.92. The molecule has 0 saturated carbocycles. The number of carbonyl (C=O) groups is 1. The molecule has 1 aliphatic heterocycles. The molecular formula is C14H18N6O2. The number of ether oxygens (including phenoxy) is 1. The molecule has 116 valence electrons. The highest BCUT2D eigenvalue weighted by atomic mass is 16.5. The number of anilines is 1. The van der Waals surface area contributed by atoms with E-state index in [0.29, 0.717) is 31.9 Å². The van der Waals surface area contributed by atoms with Crippen LogP contribution in [-0.4, -0.2) is 58.9 Å². The summed E-state index contributed by atoms with van der Waals surface area (Å²) in [5, 5.41) is 10.9. The molecule has 1 aliphatic rings. The summed E-state index contributed by atoms with van der Waals surface area (Å²) in [7, 11) is 0. The van der Waals surface area contributed by atoms with Crippen LogP contribution in [-0.2, 0) is 11.2 Å². The third kappa shape index (κ3) is 3.59. The van der Waals surface area contributed by atoms with Crippen molar-refractivity contribution in [2.75, 3.05) is 37.7 Å². The Morgan fingerprint density at radius 1 is 1.32 bits per heavy atom. The van der Waals surface area contributed by atoms with Gasteiger partial charge in [0.2, 0.25) is 0 Å². The molecule has 0 atom stereocenters. The lowest BCUT2D eigenvalue weighted by molar-refractivity contribution is 0.0948. The van der Waals surface area contributed by atoms with Gasteiger partial charge in [-0.05, 0) is 12.1 Å². The van der Waals surface area contributed by atoms with Crippen molar-refractivity contribution in [2.24, 2.45) is 0 Å². The van der Waals surface area contributed by atoms with Crippen LogP contribution in [0.3, 0.4) is 0 Å². The van der Waals surface area contributed by atoms with Gasteiger partial charge in [-0.1, -0.05) is 0 Å². The first-order valence-corrected chi connectivity index (χ1v) is 7.25. The van der Waals surface area contributed by atoms with Crippen molar-refractivity contribution in [3.05, 3.63) is 36.0 Å². The number of imidazole rings is 1. The van der Waals surface area contributed by atoms with E-state index < -0.39 is 0 Å². The fraction of sp³-hybridized carbons (Fsp3) is 0.429. The van der Waals surface area contributed by atoms with Crippen LogP contribution in [0.2, 0.25) is 0 Å². The summed E-state index contributed by atoms with van der Waals surface area (Å²) in [4.78, 5) is 21.0. The Kier molecular flexibility index (Phi) is 4.59. The summed E-state index contributed by atoms with van der Waals surface area (Å²) in [5.74, 6) is 0.554. The van der Waals surface area contributed by atoms with E-state index in [1.807, 2.05) is 6.07 Å². The van der Waals surface area contributed by atoms with Gasteiger partial charge in [0, 0.05) is 37.9 Å². The second kappa shape index (κ2) is 6.99. The minimum absolute atomic E-state index is 0.222. The van der Waals surface area contributed by atoms with Gasteiger partial charge in [0.05, 0.1) is 19.5 Å². The lowest BCUT2D eigenvalue weighted by atomic mass is 10.3. The number of aromatic amines is 1. The van der Waals surface area contributed by atoms with Gasteiger partial charge in [0.25, 0.3) is 5.91 Å². The van der Waals surface area contributed by atoms with Gasteiger partial charge < -0.3 is 19.9 Å². The summed E-state index contributed by atoms with van der Waals surface area (Å²) >= 11 is 0. The monoisotopic (exact) mass is 302 g/mol. The summed E-state index contributed by atoms with van der Waals surface area (Å²) in [5.41, 5.74) is 1.30. The van der Waals surface area contributed by atoms with Gasteiger partial charge >= 0.3 is 0 Å². The Balaban J connectivity index is 1.51. The standard InChI is InChI=1S/C14H18N6O2/c21-14(16-4-3-11-9-15-10-17-11)12-1-2-13(19-18-12)20-5-7-22-8-6-20/h1-2,9-10H,3-8H2,(H,15,17)(H,16,21). The third-order valence-electron chi connectivity index (χ3n) is 3.45. The molecule has 1 saturated heterocycles. The van der Waals surface area contributed by atoms with Crippen LogP contribution < -0.4 is 10.2 Å². The minimum Gasteiger partial charge on any atom is -0.378 e. The number of carbonyl (C=O) groups excluding carboxylic acids is 1. The van der Waals surface area contributed by atoms with Crippen molar-refractivity contribution in [2.45, 2.75) is 6.42 Å². The third-order valence-corrected chi connectivity index (χ3v) is 3.45. The van der Waals surface area contributed by atoms with Crippen molar-refractivity contribution >= 4 is 11.7 Å². The molecule has 3 heterocycles. The normalized spacial score (nSPS) is 14.8. The fourth-order valence-electron chi connectivity index (χ4n) is 2.23. The fourth-order valence-corrected chi connectivity index (χ4v) is 2.23. The van der Waals surface area contributed by atoms with Gasteiger partial charge in [0.1, 0.15) is 0 Å². The number of hydrogen-bond acceptors (Lipinski definition) is 6. The van der Waals surface area contributed by atoms with Crippen LogP contribution in [0.15, 0.2) is 24.7 Å². The van der Waals surface area contributed by atoms with Crippen LogP contribution in [0.25, 0.3) is 0 Å². The number of morpholine rings is 1. The van der Waals surface area contributed by atoms with Crippen molar-refractivity contribution in [1.29, 1.82) is 0 Å². The smallest absolute Gasteiger partial charge is 0.271 e. The average molecular weight is 302 g/mol. The summed E-state index contributed by atoms with van der Waals surface area (Å²) < 4.78 is 5.30. The van der Waals surface area contributed by atoms with Crippen molar-refractivity contribution in [3.63, 3.8) is 0 Å². The highest BCUT2D eigenvalue weighted by Crippen LogP contribution is 2.11. The topological polar surface area (TPSA) is 96.0 Å². The molecule has 22 heavy (non-hydrogen) atoms. The molecule has 0 radical (unpaired) electrons. The molecule has 0 aromatic carbocycles. The molecule has 8 heteroatoms. The number of amides is 1. The van der Waals surface area contributed by atoms with E-state index in [-0.39, 0.29) is 5.91 Å². The Hall–Kier alpha value is -2.48. The van der Waals surface area contributed by atoms with Gasteiger partial charge in [-0.2, -0.15) is 0 Å². The first kappa shape index (κ1) is 14.5. The van der Waals surface area contributed by atoms with Crippen molar-refractivity contribution < 1.29 is 9.53 Å². The molecule has 2 aromatic heterocycles. The molecule has 2 N–H and O–H groups in total. The van der Waals surface area contributed by atoms with E-state index in [0.717, 1.165) is 24.6 Å². The molecule has 3 rings (SSSR count). The van der Waals surface area contributed by atoms with E-state index in [4.69, 9.17) is 4.74 Å². The van der Waals surface area contributed by atoms with Crippen LogP contribution >= 0.6 is 0 Å². The summed E-state index contributed by atoms with van der Waals surface area (Å²) in [6.45, 7) is 3.50. The predicted molar refractivity (Wildman–Crippen MR) is 79.7 cm³/mol. The number of aromatic nitrogens is 4. The zero-order chi connectivity index (χ0) is 15.2. The van der Waals surface area contributed by atoms with Crippen LogP contribution in [0.1, 0.15) is 16.2 Å². The molecule has 0 unspecified atom stereocenters. The van der Waals surface area contributed by atoms with Crippen molar-refractivity contribution in [3.8, 4) is 0 Å². The molecule has 1 fully saturated rings. The largest absolute Gasteiger partial charge is 0.378 e. The molecule has 2 aromatic rings. The number of H-pyrrole nitrogens is 1. The van der Waals surface area contributed by atoms with E-state index >= 15 is 0 Å². The summed E-state index contributed by atoms with van der Waals surface area (Å²) in [6.07, 6.45) is 4.06. The lowest BCUT2D eigenvalue weighted by Gasteiger charge is -2.27. The van der Waals surface area contributed by atoms with Gasteiger partial charge in [-0.15, -0.1) is 10.2 Å². The Morgan fingerprint density at radius 2 is 2.18 bits per heavy atom. The molecular weight excluding hydrogens is 284 g/mol. The number of nitrogens with zero attached hydrogens (tertiary/aromatic N) is 4. The molecule has 0 aliphatic carbocycles. The second-order valence-corrected chi connectivity index (χ2v) is 4.96. The molecule has 0 spiro atoms. The Labute approximate surface area is 127 Å². The van der Waals surface area contributed by atoms with E-state index in [1.54, 1.807) is 18.6 Å². The first-order valence-electron chi connectivity index (χ1n) is 7.25. The number of rotatable bonds is 5. The number of hydrogen-bond donors (Lipinski definition) is 2. The second-order valence-electron chi connectivity index (χ2n) is 4.96. The maximum Gasteiger partial charge on any atom is 0.271 e. The first-order chi connectivity index (χ1) is 10.8. The molecule has 1 amide bonds. The Morgan fingerprint density at radius 3 is 2.86 bits per heavy atom. The molecule has 0 bridgehead atoms. The minimum atomic E-state index is -0.222. The zero-order valence-electron chi connectivity index (χ0n) is 12.2. The Bertz CT molecular complexity index is 592. The maximum atomic E-state index is 12.0. The number of nitrogens with one attached hydrogen (secondary N) is 2. The summed E-state index contributed by atoms with van der Waals surface area (Å²) in [6, 6.07) is 3.52. The van der Waals surface area contributed by atoms with E-state index in [9.17, 15) is 4.79 Å². The van der Waals surface area contributed by atoms with Gasteiger partial charge in [0.15, 0.2) is 11.5 Å². The van der Waals surface area contributed by atoms with E-state index in [2.05, 4.69) is 30.4 Å². The van der Waals surface area contributed by atoms with Gasteiger partial charge in [-0.3, -0.25) is 4.79 Å². The van der Waals surface area contributed by atoms with Crippen LogP contribution in [0, 0.1) is 0 Å². The van der Waals surface area contributed by atoms with Crippen LogP contribution in [0.5, 0.6) is 0 Å². The lowest BCUT2D eigenvalue weighted by Crippen LogP contribution is -2.37. The molecule has 8 nitrogen and oxygen atoms in total. The van der Waals surface area contributed by atoms with E-state index in [1.165, 1.54) is 0 Å². The van der Waals surface area contributed by atoms with Crippen molar-refractivity contribution in [1.82, 2.24) is 25.5 Å². The maximum absolute atomic E-state index is 12.0. The quantitative estimate of drug-likeness (QED) is 0.807. The zero-order valence-corrected chi connectivity index (χ0v) is 12.2. The average Bonchev–Trinajstić information content (AvgIpc) is 3.09. The van der Waals surface area contributed by atoms with Gasteiger partial charge in [-0.25, -0.2) is 4.98 Å². The SMILES string of the molecule is O=C(NCCc1cnc[nH]1)c1ccc(N2CCOCC2)nn1. The highest BCUT2D eigenvalue weighted by Gasteiger charge is 2.14.